The maximum atomic E-state index is 13.8. The molecular weight excluding hydrogens is 546 g/mol. The molecule has 1 saturated heterocycles. The summed E-state index contributed by atoms with van der Waals surface area (Å²) in [5, 5.41) is 8.82. The van der Waals surface area contributed by atoms with E-state index in [1.165, 1.54) is 17.3 Å². The molecule has 0 unspecified atom stereocenters. The highest BCUT2D eigenvalue weighted by molar-refractivity contribution is 6.31. The summed E-state index contributed by atoms with van der Waals surface area (Å²) >= 11 is 6.32. The number of nitrogens with zero attached hydrogens (tertiary/aromatic N) is 2. The lowest BCUT2D eigenvalue weighted by Crippen LogP contribution is -2.60. The van der Waals surface area contributed by atoms with E-state index >= 15 is 0 Å². The van der Waals surface area contributed by atoms with Crippen LogP contribution in [0, 0.1) is 0 Å². The Labute approximate surface area is 246 Å². The predicted octanol–water partition coefficient (Wildman–Crippen LogP) is 3.93. The number of likely N-dealkylation sites (tertiary alicyclic amines) is 1. The smallest absolute Gasteiger partial charge is 0.408 e. The zero-order chi connectivity index (χ0) is 30.4. The summed E-state index contributed by atoms with van der Waals surface area (Å²) in [6, 6.07) is 8.99. The lowest BCUT2D eigenvalue weighted by molar-refractivity contribution is -0.141. The maximum Gasteiger partial charge on any atom is 0.408 e. The van der Waals surface area contributed by atoms with Crippen molar-refractivity contribution in [3.63, 3.8) is 0 Å². The molecule has 222 valence electrons. The molecule has 3 rings (SSSR count). The minimum absolute atomic E-state index is 0.0564. The lowest BCUT2D eigenvalue weighted by Gasteiger charge is -2.32. The van der Waals surface area contributed by atoms with Crippen molar-refractivity contribution in [2.75, 3.05) is 6.54 Å². The highest BCUT2D eigenvalue weighted by Crippen LogP contribution is 2.23. The van der Waals surface area contributed by atoms with Gasteiger partial charge in [-0.15, -0.1) is 0 Å². The van der Waals surface area contributed by atoms with Crippen LogP contribution in [0.25, 0.3) is 0 Å². The van der Waals surface area contributed by atoms with Crippen LogP contribution in [-0.4, -0.2) is 63.5 Å². The van der Waals surface area contributed by atoms with Gasteiger partial charge < -0.3 is 25.6 Å². The van der Waals surface area contributed by atoms with Crippen LogP contribution in [0.1, 0.15) is 71.6 Å². The summed E-state index contributed by atoms with van der Waals surface area (Å²) in [5.74, 6) is -1.25. The molecule has 11 heteroatoms. The minimum atomic E-state index is -1.24. The van der Waals surface area contributed by atoms with Gasteiger partial charge in [0.25, 0.3) is 0 Å². The van der Waals surface area contributed by atoms with Crippen molar-refractivity contribution in [1.29, 1.82) is 0 Å². The van der Waals surface area contributed by atoms with E-state index in [2.05, 4.69) is 20.9 Å². The van der Waals surface area contributed by atoms with E-state index in [1.807, 2.05) is 37.3 Å². The third kappa shape index (κ3) is 8.91. The van der Waals surface area contributed by atoms with Crippen LogP contribution >= 0.6 is 11.6 Å². The molecule has 1 aliphatic rings. The van der Waals surface area contributed by atoms with Gasteiger partial charge in [-0.25, -0.2) is 4.79 Å². The summed E-state index contributed by atoms with van der Waals surface area (Å²) in [7, 11) is 0. The highest BCUT2D eigenvalue weighted by atomic mass is 35.5. The van der Waals surface area contributed by atoms with Crippen molar-refractivity contribution in [3.8, 4) is 0 Å². The van der Waals surface area contributed by atoms with Gasteiger partial charge in [-0.1, -0.05) is 41.9 Å². The number of carbonyl (C=O) groups excluding carboxylic acids is 4. The quantitative estimate of drug-likeness (QED) is 0.409. The average molecular weight is 586 g/mol. The number of alkyl carbamates (subject to hydrolysis) is 1. The molecular formula is C30H40ClN5O5. The first-order valence-electron chi connectivity index (χ1n) is 13.7. The normalized spacial score (nSPS) is 16.9. The van der Waals surface area contributed by atoms with Crippen LogP contribution in [0.15, 0.2) is 48.8 Å². The van der Waals surface area contributed by atoms with Crippen molar-refractivity contribution in [2.24, 2.45) is 0 Å². The maximum absolute atomic E-state index is 13.8. The average Bonchev–Trinajstić information content (AvgIpc) is 3.38. The minimum Gasteiger partial charge on any atom is -0.444 e. The van der Waals surface area contributed by atoms with E-state index in [4.69, 9.17) is 16.3 Å². The van der Waals surface area contributed by atoms with Crippen LogP contribution in [0.4, 0.5) is 4.79 Å². The van der Waals surface area contributed by atoms with Crippen LogP contribution in [0.5, 0.6) is 0 Å². The van der Waals surface area contributed by atoms with Crippen LogP contribution in [0.3, 0.4) is 0 Å². The molecule has 1 aromatic heterocycles. The molecule has 1 aliphatic heterocycles. The molecule has 4 amide bonds. The molecule has 1 aromatic carbocycles. The number of pyridine rings is 1. The second kappa shape index (κ2) is 13.3. The fraction of sp³-hybridized carbons (Fsp3) is 0.500. The van der Waals surface area contributed by atoms with E-state index in [0.717, 1.165) is 5.56 Å². The standard InChI is InChI=1S/C30H40ClN5O5/c1-19(20-11-8-7-9-12-20)33-27(39)30(5,6)35-25(37)24-13-10-16-36(24)26(38)23(34-28(40)41-29(2,3)4)17-21-18-32-15-14-22(21)31/h7-9,11-12,14-15,18-19,23-24H,10,13,16-17H2,1-6H3,(H,33,39)(H,34,40)(H,35,37)/t19-,23-,24+/m0/s1. The number of hydrogen-bond acceptors (Lipinski definition) is 6. The Balaban J connectivity index is 1.74. The molecule has 0 saturated carbocycles. The van der Waals surface area contributed by atoms with Gasteiger partial charge in [-0.05, 0) is 71.6 Å². The predicted molar refractivity (Wildman–Crippen MR) is 156 cm³/mol. The molecule has 10 nitrogen and oxygen atoms in total. The molecule has 2 aromatic rings. The summed E-state index contributed by atoms with van der Waals surface area (Å²) in [5.41, 5.74) is -0.513. The molecule has 0 aliphatic carbocycles. The second-order valence-corrected chi connectivity index (χ2v) is 12.2. The van der Waals surface area contributed by atoms with Crippen molar-refractivity contribution < 1.29 is 23.9 Å². The lowest BCUT2D eigenvalue weighted by atomic mass is 10.0. The Bertz CT molecular complexity index is 1250. The SMILES string of the molecule is C[C@H](NC(=O)C(C)(C)NC(=O)[C@H]1CCCN1C(=O)[C@H](Cc1cnccc1Cl)NC(=O)OC(C)(C)C)c1ccccc1. The number of amides is 4. The topological polar surface area (TPSA) is 130 Å². The Kier molecular flexibility index (Phi) is 10.4. The van der Waals surface area contributed by atoms with Crippen LogP contribution in [-0.2, 0) is 25.5 Å². The number of ether oxygens (including phenoxy) is 1. The molecule has 2 heterocycles. The van der Waals surface area contributed by atoms with E-state index < -0.39 is 41.1 Å². The summed E-state index contributed by atoms with van der Waals surface area (Å²) in [6.45, 7) is 10.6. The number of benzene rings is 1. The summed E-state index contributed by atoms with van der Waals surface area (Å²) < 4.78 is 5.39. The fourth-order valence-electron chi connectivity index (χ4n) is 4.58. The van der Waals surface area contributed by atoms with Crippen molar-refractivity contribution >= 4 is 35.4 Å². The first kappa shape index (κ1) is 31.9. The van der Waals surface area contributed by atoms with E-state index in [9.17, 15) is 19.2 Å². The van der Waals surface area contributed by atoms with Gasteiger partial charge in [0, 0.05) is 30.4 Å². The first-order chi connectivity index (χ1) is 19.2. The third-order valence-corrected chi connectivity index (χ3v) is 7.11. The van der Waals surface area contributed by atoms with Gasteiger partial charge in [-0.3, -0.25) is 19.4 Å². The zero-order valence-electron chi connectivity index (χ0n) is 24.5. The Morgan fingerprint density at radius 2 is 1.76 bits per heavy atom. The van der Waals surface area contributed by atoms with E-state index in [1.54, 1.807) is 40.7 Å². The summed E-state index contributed by atoms with van der Waals surface area (Å²) in [6.07, 6.45) is 3.37. The van der Waals surface area contributed by atoms with Gasteiger partial charge in [0.15, 0.2) is 0 Å². The second-order valence-electron chi connectivity index (χ2n) is 11.8. The number of halogens is 1. The Morgan fingerprint density at radius 3 is 2.39 bits per heavy atom. The van der Waals surface area contributed by atoms with Gasteiger partial charge in [0.1, 0.15) is 23.2 Å². The first-order valence-corrected chi connectivity index (χ1v) is 14.1. The van der Waals surface area contributed by atoms with Crippen molar-refractivity contribution in [3.05, 3.63) is 64.9 Å². The third-order valence-electron chi connectivity index (χ3n) is 6.75. The largest absolute Gasteiger partial charge is 0.444 e. The van der Waals surface area contributed by atoms with Gasteiger partial charge >= 0.3 is 6.09 Å². The fourth-order valence-corrected chi connectivity index (χ4v) is 4.77. The van der Waals surface area contributed by atoms with Gasteiger partial charge in [0.2, 0.25) is 17.7 Å². The van der Waals surface area contributed by atoms with Gasteiger partial charge in [0.05, 0.1) is 6.04 Å². The zero-order valence-corrected chi connectivity index (χ0v) is 25.2. The molecule has 3 N–H and O–H groups in total. The number of nitrogens with one attached hydrogen (secondary N) is 3. The molecule has 41 heavy (non-hydrogen) atoms. The van der Waals surface area contributed by atoms with E-state index in [0.29, 0.717) is 30.0 Å². The molecule has 0 radical (unpaired) electrons. The van der Waals surface area contributed by atoms with Crippen LogP contribution < -0.4 is 16.0 Å². The van der Waals surface area contributed by atoms with Gasteiger partial charge in [-0.2, -0.15) is 0 Å². The Morgan fingerprint density at radius 1 is 1.07 bits per heavy atom. The molecule has 3 atom stereocenters. The monoisotopic (exact) mass is 585 g/mol. The molecule has 0 spiro atoms. The van der Waals surface area contributed by atoms with Crippen molar-refractivity contribution in [2.45, 2.75) is 90.1 Å². The number of aromatic nitrogens is 1. The van der Waals surface area contributed by atoms with E-state index in [-0.39, 0.29) is 18.4 Å². The number of rotatable bonds is 9. The number of carbonyl (C=O) groups is 4. The Hall–Kier alpha value is -3.66. The molecule has 0 bridgehead atoms. The molecule has 1 fully saturated rings. The summed E-state index contributed by atoms with van der Waals surface area (Å²) in [4.78, 5) is 58.6. The number of hydrogen-bond donors (Lipinski definition) is 3. The van der Waals surface area contributed by atoms with Crippen LogP contribution in [0.2, 0.25) is 5.02 Å². The van der Waals surface area contributed by atoms with Crippen molar-refractivity contribution in [1.82, 2.24) is 25.8 Å². The highest BCUT2D eigenvalue weighted by Gasteiger charge is 2.41.